The molecule has 7 rings (SSSR count). The summed E-state index contributed by atoms with van der Waals surface area (Å²) in [5, 5.41) is 11.0. The number of hydrogen-bond acceptors (Lipinski definition) is 7. The molecule has 54 heavy (non-hydrogen) atoms. The van der Waals surface area contributed by atoms with Gasteiger partial charge in [-0.3, -0.25) is 34.1 Å². The van der Waals surface area contributed by atoms with Crippen molar-refractivity contribution in [2.24, 2.45) is 7.05 Å². The average Bonchev–Trinajstić information content (AvgIpc) is 3.68. The largest absolute Gasteiger partial charge is 0.365 e. The zero-order valence-electron chi connectivity index (χ0n) is 31.2. The number of nitrogens with zero attached hydrogens (tertiary/aromatic N) is 4. The van der Waals surface area contributed by atoms with Crippen molar-refractivity contribution in [2.45, 2.75) is 114 Å². The Morgan fingerprint density at radius 3 is 2.52 bits per heavy atom. The fourth-order valence-electron chi connectivity index (χ4n) is 8.72. The standard InChI is InChI=1S/C41H51ClN6O5.ClH/c1-26-21-34(45-46(26)2)28-12-16-32(17-13-28)47-24-36(53-25-33(47)22-27-10-14-31(42)15-11-27)40(51)43-20-5-3-4-7-29-8-6-9-30-23-48(41(52)38(29)30)35-18-19-37(49)44-39(35)50;/h6,8-11,14-15,21,28,32-33,35-36H,3-5,7,12-13,16-20,22-25H2,1-2H3,(H,43,51)(H,44,49,50);1H/t28?,32?,33-,35?,36+;/m0./s1. The van der Waals surface area contributed by atoms with Crippen molar-refractivity contribution >= 4 is 47.6 Å². The van der Waals surface area contributed by atoms with Crippen molar-refractivity contribution in [3.63, 3.8) is 0 Å². The number of hydrogen-bond donors (Lipinski definition) is 2. The third-order valence-corrected chi connectivity index (χ3v) is 12.0. The van der Waals surface area contributed by atoms with Crippen molar-refractivity contribution in [3.8, 4) is 0 Å². The first kappa shape index (κ1) is 39.9. The number of nitrogens with one attached hydrogen (secondary N) is 2. The van der Waals surface area contributed by atoms with Gasteiger partial charge in [-0.25, -0.2) is 0 Å². The average molecular weight is 780 g/mol. The molecule has 0 bridgehead atoms. The molecule has 290 valence electrons. The maximum absolute atomic E-state index is 13.4. The van der Waals surface area contributed by atoms with Gasteiger partial charge in [0.05, 0.1) is 12.3 Å². The van der Waals surface area contributed by atoms with Crippen LogP contribution >= 0.6 is 24.0 Å². The number of unbranched alkanes of at least 4 members (excludes halogenated alkanes) is 2. The van der Waals surface area contributed by atoms with Gasteiger partial charge in [0.25, 0.3) is 5.91 Å². The highest BCUT2D eigenvalue weighted by molar-refractivity contribution is 6.30. The van der Waals surface area contributed by atoms with Crippen molar-refractivity contribution in [1.82, 2.24) is 30.2 Å². The minimum atomic E-state index is -0.616. The van der Waals surface area contributed by atoms with Crippen LogP contribution in [0.25, 0.3) is 0 Å². The number of ether oxygens (including phenoxy) is 1. The fraction of sp³-hybridized carbons (Fsp3) is 0.537. The first-order chi connectivity index (χ1) is 25.6. The number of carbonyl (C=O) groups is 4. The summed E-state index contributed by atoms with van der Waals surface area (Å²) < 4.78 is 8.22. The molecule has 4 aliphatic rings. The van der Waals surface area contributed by atoms with Crippen molar-refractivity contribution in [3.05, 3.63) is 87.2 Å². The third-order valence-electron chi connectivity index (χ3n) is 11.8. The molecule has 3 aliphatic heterocycles. The number of morpholine rings is 1. The minimum Gasteiger partial charge on any atom is -0.365 e. The van der Waals surface area contributed by atoms with Gasteiger partial charge in [-0.1, -0.05) is 48.4 Å². The highest BCUT2D eigenvalue weighted by Crippen LogP contribution is 2.36. The summed E-state index contributed by atoms with van der Waals surface area (Å²) in [5.41, 5.74) is 6.20. The van der Waals surface area contributed by atoms with Gasteiger partial charge in [0.15, 0.2) is 0 Å². The molecule has 0 spiro atoms. The molecule has 13 heteroatoms. The van der Waals surface area contributed by atoms with Gasteiger partial charge in [0.1, 0.15) is 12.1 Å². The number of halogens is 2. The van der Waals surface area contributed by atoms with Crippen LogP contribution in [0.15, 0.2) is 48.5 Å². The molecule has 2 N–H and O–H groups in total. The van der Waals surface area contributed by atoms with Gasteiger partial charge >= 0.3 is 0 Å². The second-order valence-electron chi connectivity index (χ2n) is 15.3. The van der Waals surface area contributed by atoms with Crippen molar-refractivity contribution in [1.29, 1.82) is 0 Å². The second-order valence-corrected chi connectivity index (χ2v) is 15.7. The lowest BCUT2D eigenvalue weighted by Gasteiger charge is -2.45. The Hall–Kier alpha value is -3.77. The number of aromatic nitrogens is 2. The fourth-order valence-corrected chi connectivity index (χ4v) is 8.85. The van der Waals surface area contributed by atoms with Gasteiger partial charge in [-0.05, 0) is 99.6 Å². The molecular weight excluding hydrogens is 727 g/mol. The molecule has 4 heterocycles. The van der Waals surface area contributed by atoms with E-state index in [0.717, 1.165) is 73.9 Å². The SMILES string of the molecule is Cc1cc(C2CCC(N3C[C@H](C(=O)NCCCCCc4cccc5c4C(=O)N(C4CCC(=O)NC4=O)C5)OC[C@@H]3Cc3ccc(Cl)cc3)CC2)nn1C.Cl. The predicted molar refractivity (Wildman–Crippen MR) is 209 cm³/mol. The molecular formula is C41H52Cl2N6O5. The van der Waals surface area contributed by atoms with E-state index in [-0.39, 0.29) is 42.6 Å². The zero-order chi connectivity index (χ0) is 37.1. The van der Waals surface area contributed by atoms with Crippen LogP contribution in [0.5, 0.6) is 0 Å². The molecule has 0 radical (unpaired) electrons. The Morgan fingerprint density at radius 1 is 1.02 bits per heavy atom. The molecule has 1 aliphatic carbocycles. The summed E-state index contributed by atoms with van der Waals surface area (Å²) in [6.45, 7) is 4.13. The predicted octanol–water partition coefficient (Wildman–Crippen LogP) is 5.43. The van der Waals surface area contributed by atoms with Gasteiger partial charge in [-0.2, -0.15) is 5.10 Å². The Bertz CT molecular complexity index is 1800. The summed E-state index contributed by atoms with van der Waals surface area (Å²) in [6.07, 6.45) is 8.56. The number of amides is 4. The molecule has 2 aromatic carbocycles. The first-order valence-electron chi connectivity index (χ1n) is 19.3. The van der Waals surface area contributed by atoms with Crippen LogP contribution in [-0.4, -0.2) is 87.1 Å². The maximum atomic E-state index is 13.4. The van der Waals surface area contributed by atoms with Gasteiger partial charge in [-0.15, -0.1) is 12.4 Å². The number of fused-ring (bicyclic) bond motifs is 1. The summed E-state index contributed by atoms with van der Waals surface area (Å²) in [6, 6.07) is 16.1. The smallest absolute Gasteiger partial charge is 0.255 e. The summed E-state index contributed by atoms with van der Waals surface area (Å²) in [7, 11) is 2.00. The zero-order valence-corrected chi connectivity index (χ0v) is 32.8. The first-order valence-corrected chi connectivity index (χ1v) is 19.7. The van der Waals surface area contributed by atoms with E-state index in [4.69, 9.17) is 21.4 Å². The van der Waals surface area contributed by atoms with Crippen LogP contribution < -0.4 is 10.6 Å². The highest BCUT2D eigenvalue weighted by atomic mass is 35.5. The molecule has 4 amide bonds. The van der Waals surface area contributed by atoms with Crippen LogP contribution in [-0.2, 0) is 45.6 Å². The number of rotatable bonds is 12. The third kappa shape index (κ3) is 9.02. The minimum absolute atomic E-state index is 0. The molecule has 1 saturated carbocycles. The number of piperidine rings is 1. The normalized spacial score (nSPS) is 24.5. The molecule has 3 aromatic rings. The van der Waals surface area contributed by atoms with Gasteiger partial charge in [0, 0.05) is 67.4 Å². The quantitative estimate of drug-likeness (QED) is 0.186. The highest BCUT2D eigenvalue weighted by Gasteiger charge is 2.41. The Balaban J connectivity index is 0.00000497. The number of imide groups is 1. The van der Waals surface area contributed by atoms with Crippen LogP contribution in [0, 0.1) is 6.92 Å². The van der Waals surface area contributed by atoms with E-state index >= 15 is 0 Å². The topological polar surface area (TPSA) is 126 Å². The Morgan fingerprint density at radius 2 is 1.80 bits per heavy atom. The molecule has 11 nitrogen and oxygen atoms in total. The van der Waals surface area contributed by atoms with E-state index in [1.54, 1.807) is 4.90 Å². The molecule has 1 unspecified atom stereocenters. The number of aryl methyl sites for hydroxylation is 3. The van der Waals surface area contributed by atoms with Crippen LogP contribution in [0.4, 0.5) is 0 Å². The monoisotopic (exact) mass is 778 g/mol. The van der Waals surface area contributed by atoms with Gasteiger partial charge < -0.3 is 15.0 Å². The van der Waals surface area contributed by atoms with Crippen LogP contribution in [0.2, 0.25) is 5.02 Å². The van der Waals surface area contributed by atoms with Gasteiger partial charge in [0.2, 0.25) is 17.7 Å². The van der Waals surface area contributed by atoms with E-state index in [9.17, 15) is 19.2 Å². The van der Waals surface area contributed by atoms with Crippen LogP contribution in [0.1, 0.15) is 102 Å². The maximum Gasteiger partial charge on any atom is 0.255 e. The Labute approximate surface area is 328 Å². The molecule has 3 fully saturated rings. The van der Waals surface area contributed by atoms with Crippen molar-refractivity contribution in [2.75, 3.05) is 19.7 Å². The van der Waals surface area contributed by atoms with E-state index in [1.807, 2.05) is 42.1 Å². The Kier molecular flexibility index (Phi) is 13.1. The van der Waals surface area contributed by atoms with E-state index in [1.165, 1.54) is 17.0 Å². The van der Waals surface area contributed by atoms with E-state index in [2.05, 4.69) is 40.7 Å². The molecule has 3 atom stereocenters. The van der Waals surface area contributed by atoms with E-state index < -0.39 is 18.1 Å². The van der Waals surface area contributed by atoms with Crippen LogP contribution in [0.3, 0.4) is 0 Å². The van der Waals surface area contributed by atoms with E-state index in [0.29, 0.717) is 50.2 Å². The lowest BCUT2D eigenvalue weighted by atomic mass is 9.82. The number of benzene rings is 2. The van der Waals surface area contributed by atoms with Crippen molar-refractivity contribution < 1.29 is 23.9 Å². The second kappa shape index (κ2) is 17.8. The lowest BCUT2D eigenvalue weighted by Crippen LogP contribution is -2.58. The molecule has 1 aromatic heterocycles. The lowest BCUT2D eigenvalue weighted by molar-refractivity contribution is -0.145. The number of carbonyl (C=O) groups excluding carboxylic acids is 4. The summed E-state index contributed by atoms with van der Waals surface area (Å²) >= 11 is 6.17. The summed E-state index contributed by atoms with van der Waals surface area (Å²) in [5.74, 6) is -0.404. The summed E-state index contributed by atoms with van der Waals surface area (Å²) in [4.78, 5) is 55.1. The molecule has 2 saturated heterocycles.